The number of anilines is 1. The zero-order valence-electron chi connectivity index (χ0n) is 19.8. The number of hydrogen-bond acceptors (Lipinski definition) is 7. The molecule has 1 aliphatic rings. The third-order valence-corrected chi connectivity index (χ3v) is 5.66. The van der Waals surface area contributed by atoms with E-state index < -0.39 is 5.60 Å². The number of benzene rings is 1. The molecular formula is C25H28ClN5O3. The molecule has 3 aromatic rings. The number of halogens is 1. The minimum Gasteiger partial charge on any atom is -0.481 e. The standard InChI is InChI=1S/C25H28ClN5O3/c1-25(2,3)34-24(32)31-14-12-30(13-15-31)21-16-20(17-7-9-18(26)10-8-17)22(29-28-21)19-6-5-11-27-23(19)33-4/h5-11,16H,12-15H2,1-4H3. The maximum atomic E-state index is 12.4. The summed E-state index contributed by atoms with van der Waals surface area (Å²) >= 11 is 6.13. The molecule has 4 rings (SSSR count). The lowest BCUT2D eigenvalue weighted by Crippen LogP contribution is -2.50. The molecule has 3 heterocycles. The maximum absolute atomic E-state index is 12.4. The van der Waals surface area contributed by atoms with Crippen molar-refractivity contribution < 1.29 is 14.3 Å². The number of methoxy groups -OCH3 is 1. The van der Waals surface area contributed by atoms with Gasteiger partial charge in [0.1, 0.15) is 11.3 Å². The Balaban J connectivity index is 1.64. The molecule has 178 valence electrons. The molecule has 0 spiro atoms. The molecule has 1 aliphatic heterocycles. The number of ether oxygens (including phenoxy) is 2. The first-order valence-corrected chi connectivity index (χ1v) is 11.5. The molecule has 1 amide bonds. The third-order valence-electron chi connectivity index (χ3n) is 5.41. The van der Waals surface area contributed by atoms with E-state index in [-0.39, 0.29) is 6.09 Å². The highest BCUT2D eigenvalue weighted by atomic mass is 35.5. The van der Waals surface area contributed by atoms with Crippen LogP contribution < -0.4 is 9.64 Å². The molecule has 0 bridgehead atoms. The zero-order chi connectivity index (χ0) is 24.3. The Bertz CT molecular complexity index is 1160. The van der Waals surface area contributed by atoms with Crippen LogP contribution in [0.1, 0.15) is 20.8 Å². The first-order chi connectivity index (χ1) is 16.2. The van der Waals surface area contributed by atoms with E-state index >= 15 is 0 Å². The van der Waals surface area contributed by atoms with Gasteiger partial charge in [0.2, 0.25) is 5.88 Å². The van der Waals surface area contributed by atoms with E-state index in [1.165, 1.54) is 0 Å². The number of aromatic nitrogens is 3. The minimum absolute atomic E-state index is 0.292. The smallest absolute Gasteiger partial charge is 0.410 e. The SMILES string of the molecule is COc1ncccc1-c1nnc(N2CCN(C(=O)OC(C)(C)C)CC2)cc1-c1ccc(Cl)cc1. The van der Waals surface area contributed by atoms with Gasteiger partial charge in [-0.3, -0.25) is 0 Å². The van der Waals surface area contributed by atoms with Crippen LogP contribution in [0.15, 0.2) is 48.7 Å². The van der Waals surface area contributed by atoms with Gasteiger partial charge in [0.15, 0.2) is 5.82 Å². The van der Waals surface area contributed by atoms with Crippen molar-refractivity contribution >= 4 is 23.5 Å². The third kappa shape index (κ3) is 5.39. The predicted octanol–water partition coefficient (Wildman–Crippen LogP) is 4.92. The van der Waals surface area contributed by atoms with Crippen molar-refractivity contribution in [2.75, 3.05) is 38.2 Å². The fourth-order valence-electron chi connectivity index (χ4n) is 3.76. The fraction of sp³-hybridized carbons (Fsp3) is 0.360. The van der Waals surface area contributed by atoms with Crippen molar-refractivity contribution in [3.8, 4) is 28.3 Å². The van der Waals surface area contributed by atoms with Gasteiger partial charge in [0, 0.05) is 43.0 Å². The lowest BCUT2D eigenvalue weighted by atomic mass is 10.0. The first kappa shape index (κ1) is 23.8. The molecule has 1 saturated heterocycles. The van der Waals surface area contributed by atoms with E-state index in [0.29, 0.717) is 42.8 Å². The molecule has 1 fully saturated rings. The number of amides is 1. The first-order valence-electron chi connectivity index (χ1n) is 11.1. The van der Waals surface area contributed by atoms with Gasteiger partial charge in [-0.25, -0.2) is 9.78 Å². The normalized spacial score (nSPS) is 14.1. The van der Waals surface area contributed by atoms with Crippen LogP contribution in [0.25, 0.3) is 22.4 Å². The summed E-state index contributed by atoms with van der Waals surface area (Å²) in [6, 6.07) is 13.4. The Kier molecular flexibility index (Phi) is 6.88. The molecule has 0 saturated carbocycles. The quantitative estimate of drug-likeness (QED) is 0.522. The highest BCUT2D eigenvalue weighted by Gasteiger charge is 2.27. The van der Waals surface area contributed by atoms with Crippen LogP contribution in [0.2, 0.25) is 5.02 Å². The van der Waals surface area contributed by atoms with E-state index in [4.69, 9.17) is 21.1 Å². The highest BCUT2D eigenvalue weighted by molar-refractivity contribution is 6.30. The molecule has 0 aliphatic carbocycles. The van der Waals surface area contributed by atoms with Crippen molar-refractivity contribution in [3.05, 3.63) is 53.7 Å². The summed E-state index contributed by atoms with van der Waals surface area (Å²) in [4.78, 5) is 20.6. The topological polar surface area (TPSA) is 80.7 Å². The Morgan fingerprint density at radius 3 is 2.35 bits per heavy atom. The highest BCUT2D eigenvalue weighted by Crippen LogP contribution is 2.36. The van der Waals surface area contributed by atoms with E-state index in [9.17, 15) is 4.79 Å². The zero-order valence-corrected chi connectivity index (χ0v) is 20.5. The molecule has 1 aromatic carbocycles. The van der Waals surface area contributed by atoms with E-state index in [2.05, 4.69) is 20.1 Å². The molecule has 8 nitrogen and oxygen atoms in total. The summed E-state index contributed by atoms with van der Waals surface area (Å²) in [6.07, 6.45) is 1.38. The van der Waals surface area contributed by atoms with Crippen molar-refractivity contribution in [2.24, 2.45) is 0 Å². The van der Waals surface area contributed by atoms with Crippen molar-refractivity contribution in [1.82, 2.24) is 20.1 Å². The number of carbonyl (C=O) groups is 1. The molecule has 0 atom stereocenters. The molecule has 2 aromatic heterocycles. The Labute approximate surface area is 204 Å². The number of piperazine rings is 1. The molecular weight excluding hydrogens is 454 g/mol. The maximum Gasteiger partial charge on any atom is 0.410 e. The van der Waals surface area contributed by atoms with E-state index in [1.54, 1.807) is 18.2 Å². The summed E-state index contributed by atoms with van der Waals surface area (Å²) in [5, 5.41) is 9.76. The second-order valence-corrected chi connectivity index (χ2v) is 9.42. The molecule has 9 heteroatoms. The fourth-order valence-corrected chi connectivity index (χ4v) is 3.89. The van der Waals surface area contributed by atoms with Crippen molar-refractivity contribution in [1.29, 1.82) is 0 Å². The molecule has 0 radical (unpaired) electrons. The average Bonchev–Trinajstić information content (AvgIpc) is 2.83. The second kappa shape index (κ2) is 9.85. The van der Waals surface area contributed by atoms with Crippen LogP contribution in [-0.2, 0) is 4.74 Å². The van der Waals surface area contributed by atoms with Crippen molar-refractivity contribution in [2.45, 2.75) is 26.4 Å². The number of hydrogen-bond donors (Lipinski definition) is 0. The summed E-state index contributed by atoms with van der Waals surface area (Å²) < 4.78 is 11.0. The lowest BCUT2D eigenvalue weighted by Gasteiger charge is -2.36. The minimum atomic E-state index is -0.518. The Morgan fingerprint density at radius 1 is 1.00 bits per heavy atom. The van der Waals surface area contributed by atoms with Crippen LogP contribution >= 0.6 is 11.6 Å². The summed E-state index contributed by atoms with van der Waals surface area (Å²) in [5.41, 5.74) is 2.75. The molecule has 0 unspecified atom stereocenters. The largest absolute Gasteiger partial charge is 0.481 e. The Morgan fingerprint density at radius 2 is 1.71 bits per heavy atom. The van der Waals surface area contributed by atoms with Gasteiger partial charge in [-0.05, 0) is 56.7 Å². The number of carbonyl (C=O) groups excluding carboxylic acids is 1. The van der Waals surface area contributed by atoms with Gasteiger partial charge in [-0.15, -0.1) is 10.2 Å². The predicted molar refractivity (Wildman–Crippen MR) is 132 cm³/mol. The van der Waals surface area contributed by atoms with E-state index in [1.807, 2.05) is 63.2 Å². The van der Waals surface area contributed by atoms with Crippen LogP contribution in [0.5, 0.6) is 5.88 Å². The Hall–Kier alpha value is -3.39. The van der Waals surface area contributed by atoms with Crippen LogP contribution in [-0.4, -0.2) is 65.1 Å². The summed E-state index contributed by atoms with van der Waals surface area (Å²) in [5.74, 6) is 1.21. The summed E-state index contributed by atoms with van der Waals surface area (Å²) in [6.45, 7) is 7.96. The van der Waals surface area contributed by atoms with Gasteiger partial charge >= 0.3 is 6.09 Å². The van der Waals surface area contributed by atoms with Crippen molar-refractivity contribution in [3.63, 3.8) is 0 Å². The monoisotopic (exact) mass is 481 g/mol. The average molecular weight is 482 g/mol. The van der Waals surface area contributed by atoms with Crippen LogP contribution in [0.3, 0.4) is 0 Å². The lowest BCUT2D eigenvalue weighted by molar-refractivity contribution is 0.0240. The number of pyridine rings is 1. The van der Waals surface area contributed by atoms with Gasteiger partial charge in [0.05, 0.1) is 12.7 Å². The van der Waals surface area contributed by atoms with Gasteiger partial charge in [0.25, 0.3) is 0 Å². The molecule has 34 heavy (non-hydrogen) atoms. The van der Waals surface area contributed by atoms with Gasteiger partial charge in [-0.2, -0.15) is 0 Å². The van der Waals surface area contributed by atoms with Gasteiger partial charge in [-0.1, -0.05) is 23.7 Å². The van der Waals surface area contributed by atoms with Gasteiger partial charge < -0.3 is 19.3 Å². The van der Waals surface area contributed by atoms with E-state index in [0.717, 1.165) is 22.5 Å². The number of rotatable bonds is 4. The second-order valence-electron chi connectivity index (χ2n) is 8.99. The molecule has 0 N–H and O–H groups in total. The van der Waals surface area contributed by atoms with Crippen LogP contribution in [0, 0.1) is 0 Å². The number of nitrogens with zero attached hydrogens (tertiary/aromatic N) is 5. The summed E-state index contributed by atoms with van der Waals surface area (Å²) in [7, 11) is 1.58. The van der Waals surface area contributed by atoms with Crippen LogP contribution in [0.4, 0.5) is 10.6 Å².